The Balaban J connectivity index is 1.66. The lowest BCUT2D eigenvalue weighted by Crippen LogP contribution is -2.56. The van der Waals surface area contributed by atoms with Gasteiger partial charge in [-0.3, -0.25) is 9.59 Å². The van der Waals surface area contributed by atoms with E-state index in [0.29, 0.717) is 19.6 Å². The Bertz CT molecular complexity index is 576. The topological polar surface area (TPSA) is 52.7 Å². The average molecular weight is 305 g/mol. The normalized spacial score (nSPS) is 21.1. The molecular weight excluding hydrogens is 285 g/mol. The molecule has 0 spiro atoms. The fraction of sp³-hybridized carbons (Fsp3) is 0.500. The average Bonchev–Trinajstić information content (AvgIpc) is 2.95. The van der Waals surface area contributed by atoms with Crippen molar-refractivity contribution in [3.63, 3.8) is 0 Å². The van der Waals surface area contributed by atoms with Crippen LogP contribution in [0.1, 0.15) is 12.0 Å². The number of fused-ring (bicyclic) bond motifs is 1. The number of alkyl halides is 1. The minimum atomic E-state index is -0.550. The van der Waals surface area contributed by atoms with Gasteiger partial charge in [0.05, 0.1) is 12.5 Å². The van der Waals surface area contributed by atoms with Crippen LogP contribution in [-0.2, 0) is 16.0 Å². The van der Waals surface area contributed by atoms with Gasteiger partial charge in [-0.15, -0.1) is 0 Å². The Morgan fingerprint density at radius 1 is 1.32 bits per heavy atom. The summed E-state index contributed by atoms with van der Waals surface area (Å²) in [6, 6.07) is 7.30. The van der Waals surface area contributed by atoms with Crippen LogP contribution in [0.5, 0.6) is 0 Å². The number of piperazine rings is 1. The summed E-state index contributed by atoms with van der Waals surface area (Å²) in [6.45, 7) is 1.32. The number of benzene rings is 1. The Morgan fingerprint density at radius 3 is 2.95 bits per heavy atom. The third-order valence-electron chi connectivity index (χ3n) is 4.30. The number of hydrogen-bond donors (Lipinski definition) is 1. The van der Waals surface area contributed by atoms with Crippen LogP contribution in [0.3, 0.4) is 0 Å². The smallest absolute Gasteiger partial charge is 0.240 e. The molecule has 1 N–H and O–H groups in total. The molecule has 0 radical (unpaired) electrons. The van der Waals surface area contributed by atoms with Crippen LogP contribution in [0.2, 0.25) is 0 Å². The van der Waals surface area contributed by atoms with Crippen molar-refractivity contribution in [3.05, 3.63) is 29.8 Å². The maximum Gasteiger partial charge on any atom is 0.240 e. The summed E-state index contributed by atoms with van der Waals surface area (Å²) in [7, 11) is 0. The van der Waals surface area contributed by atoms with E-state index < -0.39 is 12.7 Å². The number of nitrogens with one attached hydrogen (secondary N) is 1. The number of hydrogen-bond acceptors (Lipinski definition) is 3. The molecule has 1 atom stereocenters. The molecule has 1 aromatic rings. The predicted molar refractivity (Wildman–Crippen MR) is 81.5 cm³/mol. The van der Waals surface area contributed by atoms with E-state index in [-0.39, 0.29) is 24.8 Å². The molecule has 2 aliphatic rings. The van der Waals surface area contributed by atoms with Crippen molar-refractivity contribution in [1.82, 2.24) is 10.2 Å². The molecule has 0 bridgehead atoms. The maximum atomic E-state index is 12.5. The monoisotopic (exact) mass is 305 g/mol. The van der Waals surface area contributed by atoms with Crippen molar-refractivity contribution in [2.75, 3.05) is 37.8 Å². The zero-order valence-corrected chi connectivity index (χ0v) is 12.4. The molecular formula is C16H20FN3O2. The highest BCUT2D eigenvalue weighted by Gasteiger charge is 2.33. The summed E-state index contributed by atoms with van der Waals surface area (Å²) >= 11 is 0. The summed E-state index contributed by atoms with van der Waals surface area (Å²) in [4.78, 5) is 28.0. The maximum absolute atomic E-state index is 12.5. The van der Waals surface area contributed by atoms with Gasteiger partial charge < -0.3 is 15.1 Å². The van der Waals surface area contributed by atoms with Crippen LogP contribution in [0.25, 0.3) is 0 Å². The van der Waals surface area contributed by atoms with Crippen molar-refractivity contribution < 1.29 is 14.0 Å². The van der Waals surface area contributed by atoms with E-state index in [4.69, 9.17) is 0 Å². The third-order valence-corrected chi connectivity index (χ3v) is 4.30. The highest BCUT2D eigenvalue weighted by atomic mass is 19.1. The van der Waals surface area contributed by atoms with E-state index in [2.05, 4.69) is 5.32 Å². The highest BCUT2D eigenvalue weighted by Crippen LogP contribution is 2.28. The quantitative estimate of drug-likeness (QED) is 0.892. The molecule has 22 heavy (non-hydrogen) atoms. The number of rotatable bonds is 4. The zero-order chi connectivity index (χ0) is 15.5. The molecule has 1 aromatic carbocycles. The second-order valence-electron chi connectivity index (χ2n) is 5.65. The van der Waals surface area contributed by atoms with E-state index in [1.165, 1.54) is 4.90 Å². The van der Waals surface area contributed by atoms with Gasteiger partial charge in [0.2, 0.25) is 11.8 Å². The molecule has 0 saturated carbocycles. The molecule has 2 aliphatic heterocycles. The first kappa shape index (κ1) is 15.0. The van der Waals surface area contributed by atoms with Gasteiger partial charge in [0.25, 0.3) is 0 Å². The first-order valence-corrected chi connectivity index (χ1v) is 7.67. The highest BCUT2D eigenvalue weighted by molar-refractivity contribution is 5.98. The van der Waals surface area contributed by atoms with Crippen molar-refractivity contribution >= 4 is 17.5 Å². The number of halogens is 1. The summed E-state index contributed by atoms with van der Waals surface area (Å²) in [5.74, 6) is -0.234. The lowest BCUT2D eigenvalue weighted by molar-refractivity contribution is -0.138. The SMILES string of the molecule is O=C1C(CC(=O)N2CCc3ccccc32)NCCN1CCF. The van der Waals surface area contributed by atoms with Gasteiger partial charge in [-0.05, 0) is 18.1 Å². The van der Waals surface area contributed by atoms with Crippen molar-refractivity contribution in [2.24, 2.45) is 0 Å². The molecule has 0 aliphatic carbocycles. The van der Waals surface area contributed by atoms with Gasteiger partial charge in [0.15, 0.2) is 0 Å². The molecule has 2 amide bonds. The Hall–Kier alpha value is -1.95. The number of para-hydroxylation sites is 1. The van der Waals surface area contributed by atoms with Crippen molar-refractivity contribution in [2.45, 2.75) is 18.9 Å². The van der Waals surface area contributed by atoms with E-state index in [0.717, 1.165) is 17.7 Å². The van der Waals surface area contributed by atoms with Gasteiger partial charge >= 0.3 is 0 Å². The second kappa shape index (κ2) is 6.44. The molecule has 1 saturated heterocycles. The first-order valence-electron chi connectivity index (χ1n) is 7.67. The molecule has 6 heteroatoms. The van der Waals surface area contributed by atoms with Crippen LogP contribution < -0.4 is 10.2 Å². The molecule has 0 aromatic heterocycles. The lowest BCUT2D eigenvalue weighted by Gasteiger charge is -2.33. The molecule has 2 heterocycles. The number of amides is 2. The van der Waals surface area contributed by atoms with Gasteiger partial charge in [0.1, 0.15) is 6.67 Å². The van der Waals surface area contributed by atoms with Crippen LogP contribution in [0.4, 0.5) is 10.1 Å². The summed E-state index contributed by atoms with van der Waals surface area (Å²) in [6.07, 6.45) is 0.970. The van der Waals surface area contributed by atoms with Crippen LogP contribution in [-0.4, -0.2) is 55.6 Å². The first-order chi connectivity index (χ1) is 10.7. The predicted octanol–water partition coefficient (Wildman–Crippen LogP) is 0.736. The summed E-state index contributed by atoms with van der Waals surface area (Å²) in [5, 5.41) is 3.07. The molecule has 1 fully saturated rings. The van der Waals surface area contributed by atoms with Crippen LogP contribution in [0.15, 0.2) is 24.3 Å². The van der Waals surface area contributed by atoms with E-state index in [9.17, 15) is 14.0 Å². The summed E-state index contributed by atoms with van der Waals surface area (Å²) < 4.78 is 12.5. The molecule has 5 nitrogen and oxygen atoms in total. The van der Waals surface area contributed by atoms with Gasteiger partial charge in [-0.25, -0.2) is 4.39 Å². The van der Waals surface area contributed by atoms with Gasteiger partial charge in [-0.1, -0.05) is 18.2 Å². The minimum absolute atomic E-state index is 0.0575. The fourth-order valence-corrected chi connectivity index (χ4v) is 3.16. The second-order valence-corrected chi connectivity index (χ2v) is 5.65. The van der Waals surface area contributed by atoms with E-state index in [1.54, 1.807) is 4.90 Å². The van der Waals surface area contributed by atoms with Crippen LogP contribution in [0, 0.1) is 0 Å². The number of anilines is 1. The fourth-order valence-electron chi connectivity index (χ4n) is 3.16. The Morgan fingerprint density at radius 2 is 2.14 bits per heavy atom. The number of carbonyl (C=O) groups excluding carboxylic acids is 2. The molecule has 118 valence electrons. The van der Waals surface area contributed by atoms with E-state index in [1.807, 2.05) is 24.3 Å². The van der Waals surface area contributed by atoms with Gasteiger partial charge in [0, 0.05) is 31.9 Å². The summed E-state index contributed by atoms with van der Waals surface area (Å²) in [5.41, 5.74) is 2.11. The van der Waals surface area contributed by atoms with Crippen molar-refractivity contribution in [1.29, 1.82) is 0 Å². The molecule has 1 unspecified atom stereocenters. The standard InChI is InChI=1S/C16H20FN3O2/c17-6-9-19-10-7-18-13(16(19)22)11-15(21)20-8-5-12-3-1-2-4-14(12)20/h1-4,13,18H,5-11H2. The lowest BCUT2D eigenvalue weighted by atomic mass is 10.1. The third kappa shape index (κ3) is 2.83. The largest absolute Gasteiger partial charge is 0.337 e. The zero-order valence-electron chi connectivity index (χ0n) is 12.4. The van der Waals surface area contributed by atoms with Crippen molar-refractivity contribution in [3.8, 4) is 0 Å². The van der Waals surface area contributed by atoms with E-state index >= 15 is 0 Å². The number of carbonyl (C=O) groups is 2. The Kier molecular flexibility index (Phi) is 4.38. The molecule has 3 rings (SSSR count). The van der Waals surface area contributed by atoms with Crippen LogP contribution >= 0.6 is 0 Å². The number of nitrogens with zero attached hydrogens (tertiary/aromatic N) is 2. The van der Waals surface area contributed by atoms with Gasteiger partial charge in [-0.2, -0.15) is 0 Å². The minimum Gasteiger partial charge on any atom is -0.337 e. The Labute approximate surface area is 129 Å².